The molecule has 0 aromatic heterocycles. The molecule has 0 bridgehead atoms. The topological polar surface area (TPSA) is 98.8 Å². The SMILES string of the molecule is CCCCC/C=C\C/C=C\C/C=C\C/C=C\CCCCOC(COP(=O)(OC)OC)COP(=O)(OC)OC. The maximum absolute atomic E-state index is 12.1. The van der Waals surface area contributed by atoms with Gasteiger partial charge in [0.1, 0.15) is 6.10 Å². The smallest absolute Gasteiger partial charge is 0.373 e. The van der Waals surface area contributed by atoms with Crippen LogP contribution in [0.15, 0.2) is 48.6 Å². The van der Waals surface area contributed by atoms with Crippen LogP contribution in [0, 0.1) is 0 Å². The summed E-state index contributed by atoms with van der Waals surface area (Å²) in [5.74, 6) is 0. The summed E-state index contributed by atoms with van der Waals surface area (Å²) >= 11 is 0. The van der Waals surface area contributed by atoms with Crippen molar-refractivity contribution < 1.29 is 41.0 Å². The normalized spacial score (nSPS) is 13.4. The molecule has 0 aromatic rings. The molecule has 9 nitrogen and oxygen atoms in total. The fraction of sp³-hybridized carbons (Fsp3) is 0.704. The monoisotopic (exact) mass is 580 g/mol. The highest BCUT2D eigenvalue weighted by Crippen LogP contribution is 2.49. The number of hydrogen-bond donors (Lipinski definition) is 0. The summed E-state index contributed by atoms with van der Waals surface area (Å²) in [7, 11) is -2.49. The van der Waals surface area contributed by atoms with Gasteiger partial charge in [-0.15, -0.1) is 0 Å². The van der Waals surface area contributed by atoms with Crippen LogP contribution in [-0.4, -0.2) is 54.4 Å². The zero-order valence-electron chi connectivity index (χ0n) is 24.0. The largest absolute Gasteiger partial charge is 0.474 e. The fourth-order valence-corrected chi connectivity index (χ4v) is 4.45. The Hall–Kier alpha value is -0.860. The van der Waals surface area contributed by atoms with Crippen LogP contribution in [0.2, 0.25) is 0 Å². The lowest BCUT2D eigenvalue weighted by molar-refractivity contribution is -0.0241. The molecule has 0 amide bonds. The van der Waals surface area contributed by atoms with Crippen LogP contribution < -0.4 is 0 Å². The van der Waals surface area contributed by atoms with Crippen molar-refractivity contribution in [1.82, 2.24) is 0 Å². The minimum atomic E-state index is -3.68. The molecule has 0 fully saturated rings. The van der Waals surface area contributed by atoms with Crippen LogP contribution in [0.4, 0.5) is 0 Å². The lowest BCUT2D eigenvalue weighted by atomic mass is 10.2. The molecule has 0 saturated heterocycles. The van der Waals surface area contributed by atoms with Gasteiger partial charge in [-0.2, -0.15) is 0 Å². The van der Waals surface area contributed by atoms with E-state index in [2.05, 4.69) is 55.5 Å². The van der Waals surface area contributed by atoms with E-state index in [1.165, 1.54) is 54.1 Å². The fourth-order valence-electron chi connectivity index (χ4n) is 3.03. The predicted molar refractivity (Wildman–Crippen MR) is 153 cm³/mol. The predicted octanol–water partition coefficient (Wildman–Crippen LogP) is 8.35. The van der Waals surface area contributed by atoms with Crippen molar-refractivity contribution in [2.75, 3.05) is 48.3 Å². The third kappa shape index (κ3) is 21.0. The quantitative estimate of drug-likeness (QED) is 0.0568. The highest BCUT2D eigenvalue weighted by Gasteiger charge is 2.28. The number of hydrogen-bond acceptors (Lipinski definition) is 9. The molecular weight excluding hydrogens is 530 g/mol. The van der Waals surface area contributed by atoms with Gasteiger partial charge in [-0.3, -0.25) is 27.1 Å². The molecule has 0 aliphatic rings. The van der Waals surface area contributed by atoms with E-state index in [9.17, 15) is 9.13 Å². The average Bonchev–Trinajstić information content (AvgIpc) is 2.94. The van der Waals surface area contributed by atoms with Gasteiger partial charge < -0.3 is 4.74 Å². The lowest BCUT2D eigenvalue weighted by Crippen LogP contribution is -2.26. The van der Waals surface area contributed by atoms with Crippen LogP contribution in [0.5, 0.6) is 0 Å². The Morgan fingerprint density at radius 1 is 0.579 bits per heavy atom. The van der Waals surface area contributed by atoms with Gasteiger partial charge >= 0.3 is 15.6 Å². The van der Waals surface area contributed by atoms with E-state index < -0.39 is 21.7 Å². The number of phosphoric ester groups is 2. The highest BCUT2D eigenvalue weighted by atomic mass is 31.2. The van der Waals surface area contributed by atoms with Gasteiger partial charge in [-0.25, -0.2) is 9.13 Å². The molecule has 222 valence electrons. The molecule has 0 saturated carbocycles. The van der Waals surface area contributed by atoms with E-state index in [1.807, 2.05) is 0 Å². The highest BCUT2D eigenvalue weighted by molar-refractivity contribution is 7.48. The van der Waals surface area contributed by atoms with Crippen LogP contribution in [0.3, 0.4) is 0 Å². The molecule has 11 heteroatoms. The third-order valence-electron chi connectivity index (χ3n) is 5.31. The number of allylic oxidation sites excluding steroid dienone is 8. The van der Waals surface area contributed by atoms with E-state index in [-0.39, 0.29) is 13.2 Å². The summed E-state index contributed by atoms with van der Waals surface area (Å²) in [5.41, 5.74) is 0. The van der Waals surface area contributed by atoms with Crippen molar-refractivity contribution in [2.45, 2.75) is 77.2 Å². The minimum absolute atomic E-state index is 0.149. The maximum Gasteiger partial charge on any atom is 0.474 e. The first kappa shape index (κ1) is 37.1. The van der Waals surface area contributed by atoms with Gasteiger partial charge in [-0.1, -0.05) is 68.4 Å². The lowest BCUT2D eigenvalue weighted by Gasteiger charge is -2.22. The van der Waals surface area contributed by atoms with Crippen molar-refractivity contribution in [3.05, 3.63) is 48.6 Å². The Morgan fingerprint density at radius 3 is 1.37 bits per heavy atom. The first-order valence-corrected chi connectivity index (χ1v) is 16.2. The van der Waals surface area contributed by atoms with Crippen molar-refractivity contribution in [1.29, 1.82) is 0 Å². The van der Waals surface area contributed by atoms with Crippen LogP contribution in [0.1, 0.15) is 71.1 Å². The molecule has 0 rings (SSSR count). The van der Waals surface area contributed by atoms with Gasteiger partial charge in [0.25, 0.3) is 0 Å². The first-order chi connectivity index (χ1) is 18.4. The van der Waals surface area contributed by atoms with E-state index in [4.69, 9.17) is 31.9 Å². The molecule has 0 unspecified atom stereocenters. The summed E-state index contributed by atoms with van der Waals surface area (Å²) in [5, 5.41) is 0. The van der Waals surface area contributed by atoms with E-state index in [1.54, 1.807) is 0 Å². The molecule has 0 spiro atoms. The Kier molecular flexibility index (Phi) is 24.6. The number of unbranched alkanes of at least 4 members (excludes halogenated alkanes) is 5. The average molecular weight is 581 g/mol. The molecule has 0 radical (unpaired) electrons. The Labute approximate surface area is 230 Å². The summed E-state index contributed by atoms with van der Waals surface area (Å²) in [6.07, 6.45) is 27.5. The molecule has 38 heavy (non-hydrogen) atoms. The van der Waals surface area contributed by atoms with Crippen LogP contribution in [0.25, 0.3) is 0 Å². The molecular formula is C27H50O9P2. The van der Waals surface area contributed by atoms with Crippen molar-refractivity contribution in [2.24, 2.45) is 0 Å². The molecule has 0 aliphatic carbocycles. The van der Waals surface area contributed by atoms with Crippen molar-refractivity contribution in [3.63, 3.8) is 0 Å². The van der Waals surface area contributed by atoms with E-state index in [0.29, 0.717) is 6.61 Å². The Morgan fingerprint density at radius 2 is 0.974 bits per heavy atom. The summed E-state index contributed by atoms with van der Waals surface area (Å²) in [4.78, 5) is 0. The van der Waals surface area contributed by atoms with Crippen LogP contribution in [-0.2, 0) is 41.0 Å². The summed E-state index contributed by atoms with van der Waals surface area (Å²) in [6.45, 7) is 2.35. The summed E-state index contributed by atoms with van der Waals surface area (Å²) < 4.78 is 59.5. The van der Waals surface area contributed by atoms with Crippen LogP contribution >= 0.6 is 15.6 Å². The molecule has 0 aliphatic heterocycles. The van der Waals surface area contributed by atoms with Gasteiger partial charge in [0.15, 0.2) is 0 Å². The summed E-state index contributed by atoms with van der Waals surface area (Å²) in [6, 6.07) is 0. The Balaban J connectivity index is 4.14. The standard InChI is InChI=1S/C27H50O9P2/c1-6-7-8-9-10-11-12-13-14-15-16-17-18-19-20-21-22-23-24-34-27(25-35-37(28,30-2)31-3)26-36-38(29,32-4)33-5/h10-11,13-14,16-17,19-20,27H,6-9,12,15,18,21-26H2,1-5H3/b11-10-,14-13-,17-16-,20-19-. The molecule has 0 aromatic carbocycles. The second kappa shape index (κ2) is 25.1. The zero-order chi connectivity index (χ0) is 28.4. The van der Waals surface area contributed by atoms with Gasteiger partial charge in [-0.05, 0) is 51.4 Å². The second-order valence-electron chi connectivity index (χ2n) is 8.29. The van der Waals surface area contributed by atoms with E-state index >= 15 is 0 Å². The van der Waals surface area contributed by atoms with Crippen molar-refractivity contribution >= 4 is 15.6 Å². The molecule has 0 atom stereocenters. The number of rotatable bonds is 26. The number of phosphoric acid groups is 2. The van der Waals surface area contributed by atoms with E-state index in [0.717, 1.165) is 38.5 Å². The van der Waals surface area contributed by atoms with Gasteiger partial charge in [0, 0.05) is 35.0 Å². The zero-order valence-corrected chi connectivity index (χ0v) is 25.7. The minimum Gasteiger partial charge on any atom is -0.373 e. The first-order valence-electron chi connectivity index (χ1n) is 13.3. The molecule has 0 N–H and O–H groups in total. The third-order valence-corrected chi connectivity index (χ3v) is 8.03. The van der Waals surface area contributed by atoms with Crippen molar-refractivity contribution in [3.8, 4) is 0 Å². The second-order valence-corrected chi connectivity index (χ2v) is 12.1. The van der Waals surface area contributed by atoms with Gasteiger partial charge in [0.2, 0.25) is 0 Å². The number of ether oxygens (including phenoxy) is 1. The maximum atomic E-state index is 12.1. The molecule has 0 heterocycles. The Bertz CT molecular complexity index is 720. The van der Waals surface area contributed by atoms with Gasteiger partial charge in [0.05, 0.1) is 13.2 Å².